The molecule has 0 radical (unpaired) electrons. The molecule has 1 aromatic rings. The molecule has 2 N–H and O–H groups in total. The molecule has 0 fully saturated rings. The average Bonchev–Trinajstić information content (AvgIpc) is 2.22. The third-order valence-electron chi connectivity index (χ3n) is 2.12. The topological polar surface area (TPSA) is 95.5 Å². The molecule has 0 saturated carbocycles. The minimum atomic E-state index is -0.679. The van der Waals surface area contributed by atoms with Crippen molar-refractivity contribution in [3.05, 3.63) is 31.8 Å². The predicted octanol–water partition coefficient (Wildman–Crippen LogP) is 2.03. The van der Waals surface area contributed by atoms with Crippen molar-refractivity contribution in [3.8, 4) is 0 Å². The Balaban J connectivity index is 3.56. The number of hydrogen-bond donors (Lipinski definition) is 1. The zero-order valence-corrected chi connectivity index (χ0v) is 10.2. The predicted molar refractivity (Wildman–Crippen MR) is 61.3 cm³/mol. The summed E-state index contributed by atoms with van der Waals surface area (Å²) in [7, 11) is 1.19. The normalized spacial score (nSPS) is 9.94. The second kappa shape index (κ2) is 4.48. The van der Waals surface area contributed by atoms with Gasteiger partial charge in [-0.3, -0.25) is 10.1 Å². The van der Waals surface area contributed by atoms with E-state index in [2.05, 4.69) is 20.7 Å². The molecule has 0 unspecified atom stereocenters. The van der Waals surface area contributed by atoms with E-state index in [1.54, 1.807) is 0 Å². The van der Waals surface area contributed by atoms with Gasteiger partial charge in [0.25, 0.3) is 5.69 Å². The molecular formula is C9H9BrN2O4. The molecule has 1 rings (SSSR count). The zero-order chi connectivity index (χ0) is 12.5. The van der Waals surface area contributed by atoms with Gasteiger partial charge < -0.3 is 10.5 Å². The van der Waals surface area contributed by atoms with Gasteiger partial charge in [-0.05, 0) is 28.9 Å². The van der Waals surface area contributed by atoms with Crippen LogP contribution in [0.25, 0.3) is 0 Å². The van der Waals surface area contributed by atoms with E-state index in [9.17, 15) is 14.9 Å². The van der Waals surface area contributed by atoms with Gasteiger partial charge in [-0.1, -0.05) is 0 Å². The van der Waals surface area contributed by atoms with E-state index in [1.807, 2.05) is 0 Å². The first-order chi connectivity index (χ1) is 7.40. The van der Waals surface area contributed by atoms with Crippen molar-refractivity contribution in [1.29, 1.82) is 0 Å². The molecule has 0 amide bonds. The van der Waals surface area contributed by atoms with E-state index in [1.165, 1.54) is 20.1 Å². The standard InChI is InChI=1S/C9H9BrN2O4/c1-4-6(11)3-5(9(13)16-2)7(10)8(4)12(14)15/h3H,11H2,1-2H3. The van der Waals surface area contributed by atoms with Crippen LogP contribution in [0.15, 0.2) is 10.5 Å². The quantitative estimate of drug-likeness (QED) is 0.389. The van der Waals surface area contributed by atoms with E-state index in [-0.39, 0.29) is 21.4 Å². The van der Waals surface area contributed by atoms with E-state index < -0.39 is 10.9 Å². The van der Waals surface area contributed by atoms with Crippen LogP contribution < -0.4 is 5.73 Å². The van der Waals surface area contributed by atoms with Crippen LogP contribution in [0.2, 0.25) is 0 Å². The smallest absolute Gasteiger partial charge is 0.339 e. The molecule has 0 aromatic heterocycles. The average molecular weight is 289 g/mol. The lowest BCUT2D eigenvalue weighted by Gasteiger charge is -2.08. The Labute approximate surface area is 99.7 Å². The minimum absolute atomic E-state index is 0.0392. The monoisotopic (exact) mass is 288 g/mol. The Morgan fingerprint density at radius 1 is 1.62 bits per heavy atom. The van der Waals surface area contributed by atoms with Crippen LogP contribution in [0.5, 0.6) is 0 Å². The molecule has 0 bridgehead atoms. The van der Waals surface area contributed by atoms with Crippen molar-refractivity contribution in [2.75, 3.05) is 12.8 Å². The maximum Gasteiger partial charge on any atom is 0.339 e. The van der Waals surface area contributed by atoms with Gasteiger partial charge in [0.15, 0.2) is 0 Å². The summed E-state index contributed by atoms with van der Waals surface area (Å²) in [6.45, 7) is 1.51. The Morgan fingerprint density at radius 2 is 2.19 bits per heavy atom. The van der Waals surface area contributed by atoms with Gasteiger partial charge in [-0.15, -0.1) is 0 Å². The summed E-state index contributed by atoms with van der Waals surface area (Å²) < 4.78 is 4.58. The Hall–Kier alpha value is -1.63. The van der Waals surface area contributed by atoms with Crippen LogP contribution in [0.3, 0.4) is 0 Å². The number of nitrogens with two attached hydrogens (primary N) is 1. The first kappa shape index (κ1) is 12.4. The van der Waals surface area contributed by atoms with Crippen LogP contribution in [0.4, 0.5) is 11.4 Å². The number of ether oxygens (including phenoxy) is 1. The summed E-state index contributed by atoms with van der Waals surface area (Å²) >= 11 is 3.01. The second-order valence-electron chi connectivity index (χ2n) is 3.05. The third kappa shape index (κ3) is 1.99. The number of halogens is 1. The van der Waals surface area contributed by atoms with E-state index in [0.29, 0.717) is 5.56 Å². The van der Waals surface area contributed by atoms with Gasteiger partial charge in [0.1, 0.15) is 4.47 Å². The van der Waals surface area contributed by atoms with Gasteiger partial charge >= 0.3 is 5.97 Å². The first-order valence-electron chi connectivity index (χ1n) is 4.21. The summed E-state index contributed by atoms with van der Waals surface area (Å²) in [4.78, 5) is 21.6. The number of methoxy groups -OCH3 is 1. The summed E-state index contributed by atoms with van der Waals surface area (Å²) in [5, 5.41) is 10.8. The van der Waals surface area contributed by atoms with Gasteiger partial charge in [-0.25, -0.2) is 4.79 Å². The highest BCUT2D eigenvalue weighted by Gasteiger charge is 2.25. The summed E-state index contributed by atoms with van der Waals surface area (Å²) in [6.07, 6.45) is 0. The number of benzene rings is 1. The molecule has 16 heavy (non-hydrogen) atoms. The molecule has 1 aromatic carbocycles. The molecule has 0 spiro atoms. The van der Waals surface area contributed by atoms with Crippen molar-refractivity contribution in [1.82, 2.24) is 0 Å². The molecule has 0 heterocycles. The van der Waals surface area contributed by atoms with E-state index in [4.69, 9.17) is 5.73 Å². The number of rotatable bonds is 2. The molecule has 6 nitrogen and oxygen atoms in total. The second-order valence-corrected chi connectivity index (χ2v) is 3.84. The SMILES string of the molecule is COC(=O)c1cc(N)c(C)c([N+](=O)[O-])c1Br. The largest absolute Gasteiger partial charge is 0.465 e. The number of carbonyl (C=O) groups excluding carboxylic acids is 1. The minimum Gasteiger partial charge on any atom is -0.465 e. The number of nitro groups is 1. The fraction of sp³-hybridized carbons (Fsp3) is 0.222. The Bertz CT molecular complexity index is 473. The number of nitrogens with zero attached hydrogens (tertiary/aromatic N) is 1. The molecule has 0 atom stereocenters. The van der Waals surface area contributed by atoms with E-state index in [0.717, 1.165) is 0 Å². The van der Waals surface area contributed by atoms with Crippen molar-refractivity contribution in [2.45, 2.75) is 6.92 Å². The first-order valence-corrected chi connectivity index (χ1v) is 5.00. The van der Waals surface area contributed by atoms with Crippen molar-refractivity contribution in [2.24, 2.45) is 0 Å². The Kier molecular flexibility index (Phi) is 3.48. The lowest BCUT2D eigenvalue weighted by atomic mass is 10.1. The highest BCUT2D eigenvalue weighted by molar-refractivity contribution is 9.10. The summed E-state index contributed by atoms with van der Waals surface area (Å²) in [6, 6.07) is 1.35. The van der Waals surface area contributed by atoms with Crippen molar-refractivity contribution >= 4 is 33.3 Å². The molecule has 0 aliphatic heterocycles. The number of esters is 1. The molecule has 0 aliphatic carbocycles. The molecule has 7 heteroatoms. The third-order valence-corrected chi connectivity index (χ3v) is 2.92. The van der Waals surface area contributed by atoms with Gasteiger partial charge in [-0.2, -0.15) is 0 Å². The fourth-order valence-corrected chi connectivity index (χ4v) is 1.95. The number of nitro benzene ring substituents is 1. The highest BCUT2D eigenvalue weighted by atomic mass is 79.9. The Morgan fingerprint density at radius 3 is 2.62 bits per heavy atom. The number of hydrogen-bond acceptors (Lipinski definition) is 5. The van der Waals surface area contributed by atoms with Crippen LogP contribution in [0, 0.1) is 17.0 Å². The molecule has 0 saturated heterocycles. The van der Waals surface area contributed by atoms with Crippen LogP contribution in [-0.2, 0) is 4.74 Å². The fourth-order valence-electron chi connectivity index (χ4n) is 1.23. The maximum absolute atomic E-state index is 11.3. The lowest BCUT2D eigenvalue weighted by molar-refractivity contribution is -0.386. The molecule has 86 valence electrons. The summed E-state index contributed by atoms with van der Waals surface area (Å²) in [5.74, 6) is -0.679. The van der Waals surface area contributed by atoms with Crippen molar-refractivity contribution < 1.29 is 14.5 Å². The molecule has 0 aliphatic rings. The number of anilines is 1. The maximum atomic E-state index is 11.3. The van der Waals surface area contributed by atoms with Crippen LogP contribution in [-0.4, -0.2) is 18.0 Å². The van der Waals surface area contributed by atoms with Crippen LogP contribution in [0.1, 0.15) is 15.9 Å². The van der Waals surface area contributed by atoms with Crippen LogP contribution >= 0.6 is 15.9 Å². The van der Waals surface area contributed by atoms with Gasteiger partial charge in [0.2, 0.25) is 0 Å². The van der Waals surface area contributed by atoms with E-state index >= 15 is 0 Å². The summed E-state index contributed by atoms with van der Waals surface area (Å²) in [5.41, 5.74) is 5.89. The van der Waals surface area contributed by atoms with Crippen molar-refractivity contribution in [3.63, 3.8) is 0 Å². The molecular weight excluding hydrogens is 280 g/mol. The highest BCUT2D eigenvalue weighted by Crippen LogP contribution is 2.35. The zero-order valence-electron chi connectivity index (χ0n) is 8.61. The van der Waals surface area contributed by atoms with Gasteiger partial charge in [0.05, 0.1) is 23.2 Å². The lowest BCUT2D eigenvalue weighted by Crippen LogP contribution is -2.07. The number of nitrogen functional groups attached to an aromatic ring is 1. The van der Waals surface area contributed by atoms with Gasteiger partial charge in [0, 0.05) is 5.69 Å². The number of carbonyl (C=O) groups is 1.